The number of amides is 1. The van der Waals surface area contributed by atoms with Gasteiger partial charge in [-0.2, -0.15) is 0 Å². The number of carbonyl (C=O) groups is 1. The Bertz CT molecular complexity index is 1250. The van der Waals surface area contributed by atoms with Crippen molar-refractivity contribution in [1.29, 1.82) is 0 Å². The van der Waals surface area contributed by atoms with Gasteiger partial charge in [0.2, 0.25) is 5.91 Å². The van der Waals surface area contributed by atoms with Gasteiger partial charge in [-0.25, -0.2) is 0 Å². The summed E-state index contributed by atoms with van der Waals surface area (Å²) in [7, 11) is 0. The second-order valence-corrected chi connectivity index (χ2v) is 18.7. The van der Waals surface area contributed by atoms with Crippen LogP contribution < -0.4 is 5.32 Å². The fourth-order valence-electron chi connectivity index (χ4n) is 8.65. The van der Waals surface area contributed by atoms with Gasteiger partial charge < -0.3 is 65.1 Å². The standard InChI is InChI=1S/C52H95NO13/c1-3-4-5-6-7-8-9-10-11-12-13-14-15-16-17-18-19-20-21-22-23-24-25-26-27-28-29-30-31-32-33-34-35-36-42(57)41(53-40(2)56)39-63-51-49(62)47(60)50(44(38-55)65-51)66-52-48(61)46(59)45(58)43(37-54)64-52/h27-28,31-32,35-36,41-52,54-55,57-62H,3-26,29-30,33-34,37-39H2,1-2H3,(H,53,56)/b28-27+,32-31+,36-35+. The topological polar surface area (TPSA) is 228 Å². The predicted octanol–water partition coefficient (Wildman–Crippen LogP) is 7.10. The molecule has 0 aromatic heterocycles. The largest absolute Gasteiger partial charge is 0.394 e. The molecule has 0 aromatic carbocycles. The third kappa shape index (κ3) is 26.3. The van der Waals surface area contributed by atoms with E-state index in [0.717, 1.165) is 25.7 Å². The molecule has 2 saturated heterocycles. The monoisotopic (exact) mass is 942 g/mol. The summed E-state index contributed by atoms with van der Waals surface area (Å²) in [5, 5.41) is 85.0. The van der Waals surface area contributed by atoms with Crippen molar-refractivity contribution in [1.82, 2.24) is 5.32 Å². The van der Waals surface area contributed by atoms with E-state index in [-0.39, 0.29) is 6.61 Å². The molecule has 12 unspecified atom stereocenters. The Balaban J connectivity index is 1.49. The van der Waals surface area contributed by atoms with Crippen molar-refractivity contribution >= 4 is 5.91 Å². The van der Waals surface area contributed by atoms with Crippen LogP contribution in [-0.2, 0) is 23.7 Å². The first-order valence-corrected chi connectivity index (χ1v) is 26.2. The molecule has 1 amide bonds. The van der Waals surface area contributed by atoms with Crippen molar-refractivity contribution in [3.05, 3.63) is 36.5 Å². The molecule has 2 aliphatic rings. The minimum Gasteiger partial charge on any atom is -0.394 e. The number of unbranched alkanes of at least 4 members (excludes halogenated alkanes) is 25. The molecule has 9 N–H and O–H groups in total. The number of nitrogens with one attached hydrogen (secondary N) is 1. The summed E-state index contributed by atoms with van der Waals surface area (Å²) in [5.74, 6) is -0.430. The highest BCUT2D eigenvalue weighted by molar-refractivity contribution is 5.73. The van der Waals surface area contributed by atoms with Gasteiger partial charge in [-0.3, -0.25) is 4.79 Å². The number of hydrogen-bond donors (Lipinski definition) is 9. The fourth-order valence-corrected chi connectivity index (χ4v) is 8.65. The average Bonchev–Trinajstić information content (AvgIpc) is 3.31. The minimum atomic E-state index is -1.79. The third-order valence-corrected chi connectivity index (χ3v) is 12.8. The molecule has 0 bridgehead atoms. The molecule has 2 fully saturated rings. The van der Waals surface area contributed by atoms with Gasteiger partial charge in [-0.1, -0.05) is 185 Å². The lowest BCUT2D eigenvalue weighted by molar-refractivity contribution is -0.359. The minimum absolute atomic E-state index is 0.330. The number of aliphatic hydroxyl groups is 8. The van der Waals surface area contributed by atoms with Gasteiger partial charge in [0.15, 0.2) is 12.6 Å². The zero-order valence-electron chi connectivity index (χ0n) is 40.9. The van der Waals surface area contributed by atoms with Crippen LogP contribution in [0.15, 0.2) is 36.5 Å². The Morgan fingerprint density at radius 1 is 0.530 bits per heavy atom. The highest BCUT2D eigenvalue weighted by Crippen LogP contribution is 2.30. The van der Waals surface area contributed by atoms with Crippen LogP contribution >= 0.6 is 0 Å². The summed E-state index contributed by atoms with van der Waals surface area (Å²) >= 11 is 0. The summed E-state index contributed by atoms with van der Waals surface area (Å²) in [5.41, 5.74) is 0. The number of rotatable bonds is 40. The van der Waals surface area contributed by atoms with E-state index in [1.807, 2.05) is 6.08 Å². The van der Waals surface area contributed by atoms with Gasteiger partial charge in [-0.05, 0) is 38.5 Å². The quantitative estimate of drug-likeness (QED) is 0.0221. The Labute approximate surface area is 398 Å². The zero-order valence-corrected chi connectivity index (χ0v) is 40.9. The van der Waals surface area contributed by atoms with E-state index < -0.39 is 92.7 Å². The second kappa shape index (κ2) is 39.0. The average molecular weight is 942 g/mol. The summed E-state index contributed by atoms with van der Waals surface area (Å²) in [6, 6.07) is -0.937. The summed E-state index contributed by atoms with van der Waals surface area (Å²) in [6.45, 7) is 1.81. The Hall–Kier alpha value is -1.79. The van der Waals surface area contributed by atoms with Crippen LogP contribution in [0.3, 0.4) is 0 Å². The molecule has 0 saturated carbocycles. The van der Waals surface area contributed by atoms with Crippen LogP contribution in [0.4, 0.5) is 0 Å². The molecule has 2 heterocycles. The molecule has 12 atom stereocenters. The van der Waals surface area contributed by atoms with E-state index in [1.165, 1.54) is 155 Å². The maximum atomic E-state index is 11.9. The number of aliphatic hydroxyl groups excluding tert-OH is 8. The number of carbonyl (C=O) groups excluding carboxylic acids is 1. The van der Waals surface area contributed by atoms with Crippen molar-refractivity contribution in [2.75, 3.05) is 19.8 Å². The molecule has 0 radical (unpaired) electrons. The van der Waals surface area contributed by atoms with Crippen molar-refractivity contribution in [2.24, 2.45) is 0 Å². The van der Waals surface area contributed by atoms with Gasteiger partial charge in [0.1, 0.15) is 48.8 Å². The lowest BCUT2D eigenvalue weighted by atomic mass is 9.97. The molecule has 386 valence electrons. The van der Waals surface area contributed by atoms with Crippen molar-refractivity contribution in [3.8, 4) is 0 Å². The SMILES string of the molecule is CCCCCCCCCCCCCCCCCCCCCCCCC/C=C/CC/C=C/CC/C=C/C(O)C(COC1OC(CO)C(OC2OC(CO)C(O)C(O)C2O)C(O)C1O)NC(C)=O. The van der Waals surface area contributed by atoms with Crippen LogP contribution in [0.5, 0.6) is 0 Å². The number of allylic oxidation sites excluding steroid dienone is 5. The first-order chi connectivity index (χ1) is 32.0. The van der Waals surface area contributed by atoms with Crippen LogP contribution in [0, 0.1) is 0 Å². The lowest BCUT2D eigenvalue weighted by Crippen LogP contribution is -2.65. The van der Waals surface area contributed by atoms with Gasteiger partial charge in [-0.15, -0.1) is 0 Å². The normalized spacial score (nSPS) is 27.1. The molecular weight excluding hydrogens is 847 g/mol. The van der Waals surface area contributed by atoms with Crippen LogP contribution in [0.2, 0.25) is 0 Å². The molecule has 66 heavy (non-hydrogen) atoms. The van der Waals surface area contributed by atoms with E-state index in [0.29, 0.717) is 6.42 Å². The summed E-state index contributed by atoms with van der Waals surface area (Å²) in [4.78, 5) is 11.9. The molecule has 0 spiro atoms. The van der Waals surface area contributed by atoms with E-state index in [9.17, 15) is 45.6 Å². The Kier molecular flexibility index (Phi) is 35.6. The van der Waals surface area contributed by atoms with Gasteiger partial charge >= 0.3 is 0 Å². The first-order valence-electron chi connectivity index (χ1n) is 26.2. The second-order valence-electron chi connectivity index (χ2n) is 18.7. The maximum absolute atomic E-state index is 11.9. The van der Waals surface area contributed by atoms with Crippen LogP contribution in [0.25, 0.3) is 0 Å². The van der Waals surface area contributed by atoms with Gasteiger partial charge in [0, 0.05) is 6.92 Å². The van der Waals surface area contributed by atoms with Crippen molar-refractivity contribution in [2.45, 2.75) is 267 Å². The third-order valence-electron chi connectivity index (χ3n) is 12.8. The van der Waals surface area contributed by atoms with Gasteiger partial charge in [0.05, 0.1) is 32.0 Å². The first kappa shape index (κ1) is 60.3. The molecule has 14 heteroatoms. The molecule has 2 aliphatic heterocycles. The Morgan fingerprint density at radius 3 is 1.39 bits per heavy atom. The molecule has 0 aromatic rings. The highest BCUT2D eigenvalue weighted by atomic mass is 16.7. The Morgan fingerprint density at radius 2 is 0.939 bits per heavy atom. The highest BCUT2D eigenvalue weighted by Gasteiger charge is 2.51. The predicted molar refractivity (Wildman–Crippen MR) is 258 cm³/mol. The zero-order chi connectivity index (χ0) is 48.2. The number of hydrogen-bond acceptors (Lipinski definition) is 13. The van der Waals surface area contributed by atoms with Crippen molar-refractivity contribution in [3.63, 3.8) is 0 Å². The van der Waals surface area contributed by atoms with Crippen LogP contribution in [0.1, 0.15) is 194 Å². The lowest BCUT2D eigenvalue weighted by Gasteiger charge is -2.46. The van der Waals surface area contributed by atoms with E-state index in [1.54, 1.807) is 6.08 Å². The summed E-state index contributed by atoms with van der Waals surface area (Å²) in [6.07, 6.45) is 32.0. The summed E-state index contributed by atoms with van der Waals surface area (Å²) < 4.78 is 22.2. The smallest absolute Gasteiger partial charge is 0.217 e. The number of ether oxygens (including phenoxy) is 4. The van der Waals surface area contributed by atoms with Crippen LogP contribution in [-0.4, -0.2) is 140 Å². The molecule has 0 aliphatic carbocycles. The van der Waals surface area contributed by atoms with E-state index >= 15 is 0 Å². The molecule has 2 rings (SSSR count). The van der Waals surface area contributed by atoms with Gasteiger partial charge in [0.25, 0.3) is 0 Å². The molecule has 14 nitrogen and oxygen atoms in total. The van der Waals surface area contributed by atoms with E-state index in [4.69, 9.17) is 18.9 Å². The molecular formula is C52H95NO13. The van der Waals surface area contributed by atoms with E-state index in [2.05, 4.69) is 36.5 Å². The fraction of sp³-hybridized carbons (Fsp3) is 0.865. The van der Waals surface area contributed by atoms with Crippen molar-refractivity contribution < 1.29 is 64.6 Å². The maximum Gasteiger partial charge on any atom is 0.217 e.